The zero-order valence-corrected chi connectivity index (χ0v) is 17.6. The van der Waals surface area contributed by atoms with Crippen molar-refractivity contribution < 1.29 is 9.21 Å². The van der Waals surface area contributed by atoms with Gasteiger partial charge in [0.1, 0.15) is 0 Å². The lowest BCUT2D eigenvalue weighted by molar-refractivity contribution is 0.0947. The lowest BCUT2D eigenvalue weighted by Gasteiger charge is -2.03. The zero-order chi connectivity index (χ0) is 22.9. The van der Waals surface area contributed by atoms with Crippen molar-refractivity contribution >= 4 is 27.6 Å². The fraction of sp³-hybridized carbons (Fsp3) is 0.0800. The molecule has 5 rings (SSSR count). The highest BCUT2D eigenvalue weighted by molar-refractivity contribution is 5.97. The van der Waals surface area contributed by atoms with Gasteiger partial charge in [0, 0.05) is 16.3 Å². The molecule has 33 heavy (non-hydrogen) atoms. The minimum atomic E-state index is -0.391. The van der Waals surface area contributed by atoms with Gasteiger partial charge in [-0.3, -0.25) is 14.4 Å². The van der Waals surface area contributed by atoms with Gasteiger partial charge in [0.2, 0.25) is 11.8 Å². The Balaban J connectivity index is 1.57. The number of carbonyl (C=O) groups excluding carboxylic acids is 1. The number of nitrogens with one attached hydrogen (secondary N) is 2. The topological polar surface area (TPSA) is 118 Å². The second-order valence-electron chi connectivity index (χ2n) is 7.61. The number of aromatic amines is 1. The second-order valence-corrected chi connectivity index (χ2v) is 7.61. The number of hydrogen-bond acceptors (Lipinski definition) is 6. The molecule has 2 N–H and O–H groups in total. The highest BCUT2D eigenvalue weighted by Gasteiger charge is 2.16. The molecule has 0 spiro atoms. The molecule has 3 aromatic carbocycles. The minimum absolute atomic E-state index is 0.0332. The molecule has 0 saturated heterocycles. The largest absolute Gasteiger partial charge is 0.419 e. The van der Waals surface area contributed by atoms with Crippen LogP contribution in [-0.2, 0) is 6.54 Å². The molecule has 8 heteroatoms. The Bertz CT molecular complexity index is 1640. The first kappa shape index (κ1) is 20.3. The molecule has 0 atom stereocenters. The zero-order valence-electron chi connectivity index (χ0n) is 17.6. The number of rotatable bonds is 4. The maximum absolute atomic E-state index is 13.2. The molecule has 162 valence electrons. The summed E-state index contributed by atoms with van der Waals surface area (Å²) < 4.78 is 5.77. The van der Waals surface area contributed by atoms with Crippen LogP contribution in [0.4, 0.5) is 0 Å². The third kappa shape index (κ3) is 3.78. The van der Waals surface area contributed by atoms with E-state index in [1.165, 1.54) is 0 Å². The predicted octanol–water partition coefficient (Wildman–Crippen LogP) is 3.33. The summed E-state index contributed by atoms with van der Waals surface area (Å²) in [4.78, 5) is 41.1. The number of aryl methyl sites for hydroxylation is 1. The summed E-state index contributed by atoms with van der Waals surface area (Å²) in [5.41, 5.74) is 1.41. The van der Waals surface area contributed by atoms with Crippen molar-refractivity contribution in [2.45, 2.75) is 13.5 Å². The van der Waals surface area contributed by atoms with Crippen LogP contribution in [0.2, 0.25) is 0 Å². The van der Waals surface area contributed by atoms with E-state index in [-0.39, 0.29) is 29.7 Å². The lowest BCUT2D eigenvalue weighted by Crippen LogP contribution is -2.22. The molecule has 5 aromatic rings. The van der Waals surface area contributed by atoms with Crippen molar-refractivity contribution in [3.8, 4) is 11.5 Å². The van der Waals surface area contributed by atoms with Crippen molar-refractivity contribution in [2.24, 2.45) is 0 Å². The Morgan fingerprint density at radius 1 is 0.939 bits per heavy atom. The Kier molecular flexibility index (Phi) is 5.02. The molecule has 0 aliphatic heterocycles. The fourth-order valence-corrected chi connectivity index (χ4v) is 3.76. The normalized spacial score (nSPS) is 11.1. The summed E-state index contributed by atoms with van der Waals surface area (Å²) >= 11 is 0. The van der Waals surface area contributed by atoms with E-state index in [1.807, 2.05) is 13.0 Å². The van der Waals surface area contributed by atoms with Crippen molar-refractivity contribution in [1.82, 2.24) is 20.5 Å². The van der Waals surface area contributed by atoms with Gasteiger partial charge in [-0.05, 0) is 42.8 Å². The van der Waals surface area contributed by atoms with Crippen LogP contribution in [0.15, 0.2) is 80.7 Å². The third-order valence-electron chi connectivity index (χ3n) is 5.32. The second kappa shape index (κ2) is 8.16. The van der Waals surface area contributed by atoms with E-state index < -0.39 is 5.56 Å². The molecular formula is C25H18N4O4. The maximum Gasteiger partial charge on any atom is 0.256 e. The number of benzene rings is 3. The number of aromatic nitrogens is 3. The number of nitrogens with zero attached hydrogens (tertiary/aromatic N) is 2. The van der Waals surface area contributed by atoms with Gasteiger partial charge in [-0.2, -0.15) is 0 Å². The summed E-state index contributed by atoms with van der Waals surface area (Å²) in [5, 5.41) is 11.8. The molecule has 2 heterocycles. The van der Waals surface area contributed by atoms with Crippen molar-refractivity contribution in [1.29, 1.82) is 0 Å². The van der Waals surface area contributed by atoms with Crippen molar-refractivity contribution in [3.63, 3.8) is 0 Å². The average Bonchev–Trinajstić information content (AvgIpc) is 3.28. The van der Waals surface area contributed by atoms with E-state index in [0.29, 0.717) is 32.8 Å². The van der Waals surface area contributed by atoms with E-state index in [1.54, 1.807) is 60.7 Å². The standard InChI is InChI=1S/C25H18N4O4/c1-14-11-18-21(27-24(32)17-10-6-5-9-16(17)22(18)30)19(12-14)25-29-28-20(33-25)13-26-23(31)15-7-3-2-4-8-15/h2-12H,13H2,1H3,(H,26,31)(H,27,32). The van der Waals surface area contributed by atoms with Crippen LogP contribution in [0.1, 0.15) is 21.8 Å². The molecule has 1 amide bonds. The van der Waals surface area contributed by atoms with Crippen LogP contribution in [0.3, 0.4) is 0 Å². The average molecular weight is 438 g/mol. The van der Waals surface area contributed by atoms with Gasteiger partial charge in [0.05, 0.1) is 23.0 Å². The van der Waals surface area contributed by atoms with Crippen LogP contribution >= 0.6 is 0 Å². The van der Waals surface area contributed by atoms with E-state index in [9.17, 15) is 14.4 Å². The SMILES string of the molecule is Cc1cc(-c2nnc(CNC(=O)c3ccccc3)o2)c2[nH]c(=O)c3ccccc3c(=O)c2c1. The van der Waals surface area contributed by atoms with Crippen LogP contribution in [0, 0.1) is 6.92 Å². The molecular weight excluding hydrogens is 420 g/mol. The first-order chi connectivity index (χ1) is 16.0. The number of amides is 1. The number of hydrogen-bond donors (Lipinski definition) is 2. The van der Waals surface area contributed by atoms with E-state index in [0.717, 1.165) is 5.56 Å². The smallest absolute Gasteiger partial charge is 0.256 e. The molecule has 0 unspecified atom stereocenters. The summed E-state index contributed by atoms with van der Waals surface area (Å²) in [6, 6.07) is 18.9. The number of carbonyl (C=O) groups is 1. The van der Waals surface area contributed by atoms with Gasteiger partial charge in [-0.25, -0.2) is 0 Å². The van der Waals surface area contributed by atoms with Crippen LogP contribution in [0.25, 0.3) is 33.1 Å². The van der Waals surface area contributed by atoms with Gasteiger partial charge in [-0.1, -0.05) is 36.4 Å². The quantitative estimate of drug-likeness (QED) is 0.444. The Hall–Kier alpha value is -4.59. The van der Waals surface area contributed by atoms with Crippen molar-refractivity contribution in [3.05, 3.63) is 104 Å². The fourth-order valence-electron chi connectivity index (χ4n) is 3.76. The number of fused-ring (bicyclic) bond motifs is 2. The molecule has 0 bridgehead atoms. The highest BCUT2D eigenvalue weighted by atomic mass is 16.4. The van der Waals surface area contributed by atoms with Gasteiger partial charge < -0.3 is 14.7 Å². The monoisotopic (exact) mass is 438 g/mol. The van der Waals surface area contributed by atoms with E-state index >= 15 is 0 Å². The van der Waals surface area contributed by atoms with Gasteiger partial charge in [0.15, 0.2) is 5.43 Å². The molecule has 0 saturated carbocycles. The van der Waals surface area contributed by atoms with Crippen LogP contribution < -0.4 is 16.3 Å². The van der Waals surface area contributed by atoms with Crippen LogP contribution in [0.5, 0.6) is 0 Å². The minimum Gasteiger partial charge on any atom is -0.419 e. The number of H-pyrrole nitrogens is 1. The summed E-state index contributed by atoms with van der Waals surface area (Å²) in [6.45, 7) is 1.87. The highest BCUT2D eigenvalue weighted by Crippen LogP contribution is 2.26. The molecule has 0 radical (unpaired) electrons. The van der Waals surface area contributed by atoms with Gasteiger partial charge >= 0.3 is 0 Å². The van der Waals surface area contributed by atoms with E-state index in [4.69, 9.17) is 4.42 Å². The lowest BCUT2D eigenvalue weighted by atomic mass is 10.1. The molecule has 0 fully saturated rings. The van der Waals surface area contributed by atoms with E-state index in [2.05, 4.69) is 20.5 Å². The van der Waals surface area contributed by atoms with Gasteiger partial charge in [0.25, 0.3) is 11.5 Å². The predicted molar refractivity (Wildman–Crippen MR) is 124 cm³/mol. The summed E-state index contributed by atoms with van der Waals surface area (Å²) in [5.74, 6) is 0.0625. The van der Waals surface area contributed by atoms with Gasteiger partial charge in [-0.15, -0.1) is 10.2 Å². The summed E-state index contributed by atoms with van der Waals surface area (Å²) in [7, 11) is 0. The molecule has 2 aromatic heterocycles. The third-order valence-corrected chi connectivity index (χ3v) is 5.32. The Morgan fingerprint density at radius 3 is 2.45 bits per heavy atom. The molecule has 0 aliphatic carbocycles. The summed E-state index contributed by atoms with van der Waals surface area (Å²) in [6.07, 6.45) is 0. The van der Waals surface area contributed by atoms with Crippen LogP contribution in [-0.4, -0.2) is 21.1 Å². The Morgan fingerprint density at radius 2 is 1.67 bits per heavy atom. The molecule has 8 nitrogen and oxygen atoms in total. The first-order valence-electron chi connectivity index (χ1n) is 10.3. The maximum atomic E-state index is 13.2. The Labute approximate surface area is 186 Å². The molecule has 0 aliphatic rings. The first-order valence-corrected chi connectivity index (χ1v) is 10.3. The van der Waals surface area contributed by atoms with Crippen molar-refractivity contribution in [2.75, 3.05) is 0 Å².